The van der Waals surface area contributed by atoms with Crippen LogP contribution in [0.15, 0.2) is 81.1 Å². The fourth-order valence-corrected chi connectivity index (χ4v) is 5.10. The molecule has 1 aliphatic heterocycles. The van der Waals surface area contributed by atoms with Crippen molar-refractivity contribution in [2.75, 3.05) is 25.6 Å². The summed E-state index contributed by atoms with van der Waals surface area (Å²) in [6, 6.07) is 18.7. The average Bonchev–Trinajstić information content (AvgIpc) is 3.33. The lowest BCUT2D eigenvalue weighted by Crippen LogP contribution is -2.16. The van der Waals surface area contributed by atoms with Gasteiger partial charge in [0.05, 0.1) is 12.0 Å². The second-order valence-electron chi connectivity index (χ2n) is 7.64. The van der Waals surface area contributed by atoms with Gasteiger partial charge in [0.25, 0.3) is 0 Å². The standard InChI is InChI=1S/C25H21ClN2O6S/c1-31-18-7-4-6-16(13-18)23-28-25(24(34-23)27-15-17-5-2-3-8-20(17)26)35(29,30)19-9-10-21-22(14-19)33-12-11-32-21/h2-10,13-14,27H,11-12,15H2,1H3. The number of anilines is 1. The van der Waals surface area contributed by atoms with Gasteiger partial charge in [0.2, 0.25) is 26.6 Å². The number of aromatic nitrogens is 1. The molecule has 3 aromatic carbocycles. The summed E-state index contributed by atoms with van der Waals surface area (Å²) in [7, 11) is -2.54. The van der Waals surface area contributed by atoms with Crippen LogP contribution in [0.25, 0.3) is 11.5 Å². The minimum atomic E-state index is -4.09. The first-order chi connectivity index (χ1) is 17.0. The molecule has 1 aliphatic rings. The van der Waals surface area contributed by atoms with E-state index in [2.05, 4.69) is 10.3 Å². The van der Waals surface area contributed by atoms with Gasteiger partial charge in [0, 0.05) is 23.2 Å². The molecule has 35 heavy (non-hydrogen) atoms. The SMILES string of the molecule is COc1cccc(-c2nc(S(=O)(=O)c3ccc4c(c3)OCCO4)c(NCc3ccccc3Cl)o2)c1. The van der Waals surface area contributed by atoms with Gasteiger partial charge < -0.3 is 23.9 Å². The summed E-state index contributed by atoms with van der Waals surface area (Å²) in [4.78, 5) is 4.38. The molecule has 8 nitrogen and oxygen atoms in total. The molecule has 2 heterocycles. The highest BCUT2D eigenvalue weighted by atomic mass is 35.5. The van der Waals surface area contributed by atoms with Crippen molar-refractivity contribution >= 4 is 27.3 Å². The van der Waals surface area contributed by atoms with E-state index in [0.717, 1.165) is 5.56 Å². The third kappa shape index (κ3) is 4.65. The Balaban J connectivity index is 1.57. The van der Waals surface area contributed by atoms with Crippen LogP contribution < -0.4 is 19.5 Å². The van der Waals surface area contributed by atoms with Crippen molar-refractivity contribution in [2.24, 2.45) is 0 Å². The molecule has 0 aliphatic carbocycles. The molecule has 0 amide bonds. The number of ether oxygens (including phenoxy) is 3. The smallest absolute Gasteiger partial charge is 0.234 e. The molecule has 10 heteroatoms. The first kappa shape index (κ1) is 23.1. The number of nitrogens with one attached hydrogen (secondary N) is 1. The lowest BCUT2D eigenvalue weighted by atomic mass is 10.2. The molecule has 4 aromatic rings. The number of sulfone groups is 1. The summed E-state index contributed by atoms with van der Waals surface area (Å²) in [6.45, 7) is 0.976. The molecule has 0 unspecified atom stereocenters. The molecule has 0 atom stereocenters. The zero-order chi connectivity index (χ0) is 24.4. The number of nitrogens with zero attached hydrogens (tertiary/aromatic N) is 1. The molecule has 0 spiro atoms. The van der Waals surface area contributed by atoms with Crippen molar-refractivity contribution in [1.82, 2.24) is 4.98 Å². The zero-order valence-corrected chi connectivity index (χ0v) is 20.2. The molecule has 1 aromatic heterocycles. The number of hydrogen-bond donors (Lipinski definition) is 1. The van der Waals surface area contributed by atoms with Gasteiger partial charge in [0.1, 0.15) is 19.0 Å². The van der Waals surface area contributed by atoms with Crippen LogP contribution in [-0.2, 0) is 16.4 Å². The van der Waals surface area contributed by atoms with Crippen molar-refractivity contribution in [3.05, 3.63) is 77.3 Å². The van der Waals surface area contributed by atoms with Crippen molar-refractivity contribution in [2.45, 2.75) is 16.5 Å². The molecule has 1 N–H and O–H groups in total. The molecule has 0 saturated carbocycles. The third-order valence-electron chi connectivity index (χ3n) is 5.39. The Hall–Kier alpha value is -3.69. The highest BCUT2D eigenvalue weighted by molar-refractivity contribution is 7.91. The van der Waals surface area contributed by atoms with Gasteiger partial charge in [-0.1, -0.05) is 35.9 Å². The Morgan fingerprint density at radius 2 is 1.80 bits per heavy atom. The molecule has 5 rings (SSSR count). The summed E-state index contributed by atoms with van der Waals surface area (Å²) in [5.74, 6) is 1.56. The average molecular weight is 513 g/mol. The number of benzene rings is 3. The summed E-state index contributed by atoms with van der Waals surface area (Å²) >= 11 is 6.27. The van der Waals surface area contributed by atoms with E-state index in [1.54, 1.807) is 43.5 Å². The number of methoxy groups -OCH3 is 1. The van der Waals surface area contributed by atoms with E-state index in [0.29, 0.717) is 41.0 Å². The van der Waals surface area contributed by atoms with Gasteiger partial charge in [-0.05, 0) is 42.0 Å². The molecule has 0 radical (unpaired) electrons. The molecule has 0 saturated heterocycles. The Bertz CT molecular complexity index is 1490. The fraction of sp³-hybridized carbons (Fsp3) is 0.160. The van der Waals surface area contributed by atoms with Gasteiger partial charge in [-0.25, -0.2) is 8.42 Å². The van der Waals surface area contributed by atoms with E-state index < -0.39 is 9.84 Å². The number of halogens is 1. The maximum Gasteiger partial charge on any atom is 0.234 e. The Morgan fingerprint density at radius 1 is 1.00 bits per heavy atom. The molecular formula is C25H21ClN2O6S. The lowest BCUT2D eigenvalue weighted by molar-refractivity contribution is 0.171. The first-order valence-electron chi connectivity index (χ1n) is 10.7. The minimum Gasteiger partial charge on any atom is -0.497 e. The first-order valence-corrected chi connectivity index (χ1v) is 12.6. The summed E-state index contributed by atoms with van der Waals surface area (Å²) in [5, 5.41) is 3.34. The Labute approximate surface area is 207 Å². The topological polar surface area (TPSA) is 99.9 Å². The maximum absolute atomic E-state index is 13.7. The Morgan fingerprint density at radius 3 is 2.60 bits per heavy atom. The quantitative estimate of drug-likeness (QED) is 0.360. The normalized spacial score (nSPS) is 12.9. The van der Waals surface area contributed by atoms with E-state index >= 15 is 0 Å². The molecular weight excluding hydrogens is 492 g/mol. The summed E-state index contributed by atoms with van der Waals surface area (Å²) < 4.78 is 49.6. The van der Waals surface area contributed by atoms with Crippen LogP contribution in [0.4, 0.5) is 5.88 Å². The highest BCUT2D eigenvalue weighted by Gasteiger charge is 2.30. The van der Waals surface area contributed by atoms with Gasteiger partial charge in [0.15, 0.2) is 11.5 Å². The predicted molar refractivity (Wildman–Crippen MR) is 130 cm³/mol. The van der Waals surface area contributed by atoms with Crippen LogP contribution in [0.5, 0.6) is 17.2 Å². The second kappa shape index (κ2) is 9.52. The lowest BCUT2D eigenvalue weighted by Gasteiger charge is -2.18. The summed E-state index contributed by atoms with van der Waals surface area (Å²) in [6.07, 6.45) is 0. The summed E-state index contributed by atoms with van der Waals surface area (Å²) in [5.41, 5.74) is 1.34. The van der Waals surface area contributed by atoms with Crippen LogP contribution in [0, 0.1) is 0 Å². The van der Waals surface area contributed by atoms with Crippen molar-refractivity contribution < 1.29 is 27.0 Å². The largest absolute Gasteiger partial charge is 0.497 e. The number of rotatable bonds is 7. The van der Waals surface area contributed by atoms with Crippen LogP contribution in [0.2, 0.25) is 5.02 Å². The fourth-order valence-electron chi connectivity index (χ4n) is 3.60. The van der Waals surface area contributed by atoms with Crippen LogP contribution in [-0.4, -0.2) is 33.7 Å². The highest BCUT2D eigenvalue weighted by Crippen LogP contribution is 2.37. The predicted octanol–water partition coefficient (Wildman–Crippen LogP) is 5.22. The van der Waals surface area contributed by atoms with Crippen LogP contribution in [0.3, 0.4) is 0 Å². The van der Waals surface area contributed by atoms with E-state index in [1.165, 1.54) is 12.1 Å². The van der Waals surface area contributed by atoms with Gasteiger partial charge >= 0.3 is 0 Å². The van der Waals surface area contributed by atoms with Gasteiger partial charge in [-0.3, -0.25) is 0 Å². The molecule has 180 valence electrons. The number of oxazole rings is 1. The third-order valence-corrected chi connectivity index (χ3v) is 7.42. The van der Waals surface area contributed by atoms with E-state index in [-0.39, 0.29) is 28.2 Å². The monoisotopic (exact) mass is 512 g/mol. The van der Waals surface area contributed by atoms with Crippen LogP contribution >= 0.6 is 11.6 Å². The van der Waals surface area contributed by atoms with Crippen LogP contribution in [0.1, 0.15) is 5.56 Å². The number of hydrogen-bond acceptors (Lipinski definition) is 8. The Kier molecular flexibility index (Phi) is 6.27. The van der Waals surface area contributed by atoms with Crippen molar-refractivity contribution in [3.63, 3.8) is 0 Å². The van der Waals surface area contributed by atoms with Crippen molar-refractivity contribution in [1.29, 1.82) is 0 Å². The van der Waals surface area contributed by atoms with Gasteiger partial charge in [-0.2, -0.15) is 4.98 Å². The zero-order valence-electron chi connectivity index (χ0n) is 18.7. The van der Waals surface area contributed by atoms with Crippen molar-refractivity contribution in [3.8, 4) is 28.7 Å². The second-order valence-corrected chi connectivity index (χ2v) is 9.91. The minimum absolute atomic E-state index is 0.00220. The molecule has 0 bridgehead atoms. The van der Waals surface area contributed by atoms with E-state index in [4.69, 9.17) is 30.2 Å². The maximum atomic E-state index is 13.7. The van der Waals surface area contributed by atoms with E-state index in [1.807, 2.05) is 18.2 Å². The van der Waals surface area contributed by atoms with E-state index in [9.17, 15) is 8.42 Å². The number of fused-ring (bicyclic) bond motifs is 1. The van der Waals surface area contributed by atoms with Gasteiger partial charge in [-0.15, -0.1) is 0 Å². The molecule has 0 fully saturated rings.